The van der Waals surface area contributed by atoms with E-state index in [1.165, 1.54) is 0 Å². The lowest BCUT2D eigenvalue weighted by Gasteiger charge is -2.13. The van der Waals surface area contributed by atoms with Gasteiger partial charge in [-0.1, -0.05) is 12.1 Å². The maximum Gasteiger partial charge on any atom is 0.251 e. The molecule has 2 aromatic carbocycles. The number of guanidine groups is 1. The van der Waals surface area contributed by atoms with Crippen molar-refractivity contribution < 1.29 is 19.0 Å². The molecule has 0 saturated heterocycles. The fourth-order valence-corrected chi connectivity index (χ4v) is 2.80. The van der Waals surface area contributed by atoms with Gasteiger partial charge in [-0.3, -0.25) is 4.79 Å². The van der Waals surface area contributed by atoms with Crippen molar-refractivity contribution in [2.24, 2.45) is 4.99 Å². The van der Waals surface area contributed by atoms with Crippen LogP contribution in [0, 0.1) is 0 Å². The van der Waals surface area contributed by atoms with Crippen molar-refractivity contribution in [3.05, 3.63) is 59.7 Å². The van der Waals surface area contributed by atoms with Gasteiger partial charge in [-0.15, -0.1) is 24.0 Å². The van der Waals surface area contributed by atoms with Gasteiger partial charge in [0.2, 0.25) is 0 Å². The quantitative estimate of drug-likeness (QED) is 0.148. The molecule has 182 valence electrons. The van der Waals surface area contributed by atoms with Gasteiger partial charge in [-0.25, -0.2) is 4.99 Å². The molecule has 0 unspecified atom stereocenters. The van der Waals surface area contributed by atoms with E-state index in [0.29, 0.717) is 44.4 Å². The zero-order chi connectivity index (χ0) is 23.0. The molecule has 0 saturated carbocycles. The standard InChI is InChI=1S/C24H34N4O4.HI/c1-4-32-17-5-14-26-24(28-18-19-6-10-21(30-2)11-7-19)27-16-15-25-23(29)20-8-12-22(31-3)13-9-20;/h6-13H,4-5,14-18H2,1-3H3,(H,25,29)(H2,26,27,28);1H. The number of rotatable bonds is 13. The second-order valence-electron chi connectivity index (χ2n) is 6.90. The van der Waals surface area contributed by atoms with E-state index in [1.54, 1.807) is 38.5 Å². The van der Waals surface area contributed by atoms with Crippen molar-refractivity contribution in [3.8, 4) is 11.5 Å². The normalized spacial score (nSPS) is 10.7. The number of aliphatic imine (C=N–C) groups is 1. The van der Waals surface area contributed by atoms with Gasteiger partial charge in [0.05, 0.1) is 20.8 Å². The molecular weight excluding hydrogens is 535 g/mol. The molecule has 3 N–H and O–H groups in total. The molecule has 9 heteroatoms. The summed E-state index contributed by atoms with van der Waals surface area (Å²) in [4.78, 5) is 16.9. The van der Waals surface area contributed by atoms with Gasteiger partial charge < -0.3 is 30.2 Å². The summed E-state index contributed by atoms with van der Waals surface area (Å²) >= 11 is 0. The zero-order valence-corrected chi connectivity index (χ0v) is 21.9. The maximum atomic E-state index is 12.3. The minimum atomic E-state index is -0.129. The molecule has 0 fully saturated rings. The molecule has 33 heavy (non-hydrogen) atoms. The average Bonchev–Trinajstić information content (AvgIpc) is 2.84. The molecule has 0 atom stereocenters. The van der Waals surface area contributed by atoms with Crippen molar-refractivity contribution in [3.63, 3.8) is 0 Å². The number of carbonyl (C=O) groups excluding carboxylic acids is 1. The first kappa shape index (κ1) is 28.5. The summed E-state index contributed by atoms with van der Waals surface area (Å²) in [7, 11) is 3.24. The molecule has 2 aromatic rings. The van der Waals surface area contributed by atoms with Crippen LogP contribution in [0.4, 0.5) is 0 Å². The first-order valence-electron chi connectivity index (χ1n) is 10.8. The lowest BCUT2D eigenvalue weighted by atomic mass is 10.2. The highest BCUT2D eigenvalue weighted by Gasteiger charge is 2.05. The third-order valence-electron chi connectivity index (χ3n) is 4.60. The Kier molecular flexibility index (Phi) is 14.7. The second-order valence-corrected chi connectivity index (χ2v) is 6.90. The predicted molar refractivity (Wildman–Crippen MR) is 142 cm³/mol. The SMILES string of the molecule is CCOCCCNC(=NCc1ccc(OC)cc1)NCCNC(=O)c1ccc(OC)cc1.I. The predicted octanol–water partition coefficient (Wildman–Crippen LogP) is 3.21. The van der Waals surface area contributed by atoms with Gasteiger partial charge in [-0.05, 0) is 55.3 Å². The maximum absolute atomic E-state index is 12.3. The molecular formula is C24H35IN4O4. The number of carbonyl (C=O) groups is 1. The van der Waals surface area contributed by atoms with Crippen LogP contribution in [0.5, 0.6) is 11.5 Å². The van der Waals surface area contributed by atoms with E-state index in [1.807, 2.05) is 31.2 Å². The monoisotopic (exact) mass is 570 g/mol. The molecule has 2 rings (SSSR count). The number of benzene rings is 2. The van der Waals surface area contributed by atoms with Crippen LogP contribution in [0.1, 0.15) is 29.3 Å². The number of ether oxygens (including phenoxy) is 3. The molecule has 8 nitrogen and oxygen atoms in total. The minimum absolute atomic E-state index is 0. The Balaban J connectivity index is 0.00000544. The van der Waals surface area contributed by atoms with Gasteiger partial charge >= 0.3 is 0 Å². The topological polar surface area (TPSA) is 93.2 Å². The molecule has 0 aromatic heterocycles. The van der Waals surface area contributed by atoms with E-state index in [0.717, 1.165) is 30.0 Å². The van der Waals surface area contributed by atoms with Crippen molar-refractivity contribution in [1.82, 2.24) is 16.0 Å². The Morgan fingerprint density at radius 2 is 1.42 bits per heavy atom. The number of amides is 1. The summed E-state index contributed by atoms with van der Waals surface area (Å²) in [6.45, 7) is 5.68. The largest absolute Gasteiger partial charge is 0.497 e. The number of hydrogen-bond acceptors (Lipinski definition) is 5. The van der Waals surface area contributed by atoms with E-state index in [4.69, 9.17) is 14.2 Å². The molecule has 0 radical (unpaired) electrons. The fraction of sp³-hybridized carbons (Fsp3) is 0.417. The van der Waals surface area contributed by atoms with Crippen LogP contribution >= 0.6 is 24.0 Å². The van der Waals surface area contributed by atoms with Crippen LogP contribution in [0.3, 0.4) is 0 Å². The summed E-state index contributed by atoms with van der Waals surface area (Å²) < 4.78 is 15.7. The number of hydrogen-bond donors (Lipinski definition) is 3. The third kappa shape index (κ3) is 11.2. The third-order valence-corrected chi connectivity index (χ3v) is 4.60. The van der Waals surface area contributed by atoms with Crippen molar-refractivity contribution in [2.75, 3.05) is 47.1 Å². The molecule has 0 aliphatic carbocycles. The average molecular weight is 570 g/mol. The number of nitrogens with one attached hydrogen (secondary N) is 3. The lowest BCUT2D eigenvalue weighted by molar-refractivity contribution is 0.0954. The molecule has 0 aliphatic heterocycles. The summed E-state index contributed by atoms with van der Waals surface area (Å²) in [5.74, 6) is 2.10. The summed E-state index contributed by atoms with van der Waals surface area (Å²) in [6.07, 6.45) is 0.880. The van der Waals surface area contributed by atoms with E-state index in [9.17, 15) is 4.79 Å². The fourth-order valence-electron chi connectivity index (χ4n) is 2.80. The summed E-state index contributed by atoms with van der Waals surface area (Å²) in [5.41, 5.74) is 1.67. The second kappa shape index (κ2) is 17.0. The Hall–Kier alpha value is -2.53. The zero-order valence-electron chi connectivity index (χ0n) is 19.6. The van der Waals surface area contributed by atoms with Crippen LogP contribution < -0.4 is 25.4 Å². The van der Waals surface area contributed by atoms with Crippen LogP contribution in [0.2, 0.25) is 0 Å². The molecule has 0 bridgehead atoms. The van der Waals surface area contributed by atoms with Crippen LogP contribution in [-0.2, 0) is 11.3 Å². The Bertz CT molecular complexity index is 829. The van der Waals surface area contributed by atoms with Crippen molar-refractivity contribution >= 4 is 35.8 Å². The van der Waals surface area contributed by atoms with Crippen LogP contribution in [0.25, 0.3) is 0 Å². The van der Waals surface area contributed by atoms with Gasteiger partial charge in [0, 0.05) is 38.4 Å². The molecule has 0 spiro atoms. The smallest absolute Gasteiger partial charge is 0.251 e. The summed E-state index contributed by atoms with van der Waals surface area (Å²) in [5, 5.41) is 9.48. The lowest BCUT2D eigenvalue weighted by Crippen LogP contribution is -2.42. The first-order chi connectivity index (χ1) is 15.7. The molecule has 0 aliphatic rings. The van der Waals surface area contributed by atoms with Crippen molar-refractivity contribution in [1.29, 1.82) is 0 Å². The van der Waals surface area contributed by atoms with E-state index in [2.05, 4.69) is 20.9 Å². The number of nitrogens with zero attached hydrogens (tertiary/aromatic N) is 1. The van der Waals surface area contributed by atoms with Crippen LogP contribution in [0.15, 0.2) is 53.5 Å². The Morgan fingerprint density at radius 3 is 2.03 bits per heavy atom. The van der Waals surface area contributed by atoms with Gasteiger partial charge in [-0.2, -0.15) is 0 Å². The highest BCUT2D eigenvalue weighted by molar-refractivity contribution is 14.0. The Morgan fingerprint density at radius 1 is 0.848 bits per heavy atom. The molecule has 0 heterocycles. The van der Waals surface area contributed by atoms with E-state index >= 15 is 0 Å². The van der Waals surface area contributed by atoms with Crippen LogP contribution in [-0.4, -0.2) is 58.9 Å². The number of halogens is 1. The first-order valence-corrected chi connectivity index (χ1v) is 10.8. The van der Waals surface area contributed by atoms with Gasteiger partial charge in [0.15, 0.2) is 5.96 Å². The van der Waals surface area contributed by atoms with E-state index in [-0.39, 0.29) is 29.9 Å². The highest BCUT2D eigenvalue weighted by atomic mass is 127. The highest BCUT2D eigenvalue weighted by Crippen LogP contribution is 2.12. The van der Waals surface area contributed by atoms with Crippen molar-refractivity contribution in [2.45, 2.75) is 19.9 Å². The van der Waals surface area contributed by atoms with Gasteiger partial charge in [0.25, 0.3) is 5.91 Å². The molecule has 1 amide bonds. The Labute approximate surface area is 213 Å². The van der Waals surface area contributed by atoms with E-state index < -0.39 is 0 Å². The number of methoxy groups -OCH3 is 2. The summed E-state index contributed by atoms with van der Waals surface area (Å²) in [6, 6.07) is 14.8. The van der Waals surface area contributed by atoms with Gasteiger partial charge in [0.1, 0.15) is 11.5 Å². The minimum Gasteiger partial charge on any atom is -0.497 e.